The highest BCUT2D eigenvalue weighted by Gasteiger charge is 2.36. The van der Waals surface area contributed by atoms with E-state index in [1.54, 1.807) is 0 Å². The molecule has 12 heavy (non-hydrogen) atoms. The Labute approximate surface area is 78.8 Å². The molecule has 2 heterocycles. The Bertz CT molecular complexity index is 137. The maximum absolute atomic E-state index is 5.68. The zero-order chi connectivity index (χ0) is 8.39. The van der Waals surface area contributed by atoms with Gasteiger partial charge in [0.15, 0.2) is 0 Å². The number of nitrogens with zero attached hydrogens (tertiary/aromatic N) is 1. The quantitative estimate of drug-likeness (QED) is 0.624. The highest BCUT2D eigenvalue weighted by atomic mass is 35.5. The van der Waals surface area contributed by atoms with Crippen LogP contribution in [0.2, 0.25) is 0 Å². The van der Waals surface area contributed by atoms with Gasteiger partial charge in [-0.25, -0.2) is 0 Å². The molecule has 0 amide bonds. The molecule has 0 aromatic heterocycles. The van der Waals surface area contributed by atoms with Crippen molar-refractivity contribution < 1.29 is 4.74 Å². The molecule has 0 aromatic carbocycles. The van der Waals surface area contributed by atoms with Crippen LogP contribution >= 0.6 is 11.6 Å². The molecule has 0 spiro atoms. The second-order valence-corrected chi connectivity index (χ2v) is 4.08. The van der Waals surface area contributed by atoms with E-state index in [9.17, 15) is 0 Å². The second-order valence-electron chi connectivity index (χ2n) is 3.70. The zero-order valence-corrected chi connectivity index (χ0v) is 8.09. The Hall–Kier alpha value is 0.210. The van der Waals surface area contributed by atoms with Crippen molar-refractivity contribution in [3.05, 3.63) is 0 Å². The van der Waals surface area contributed by atoms with Crippen molar-refractivity contribution in [3.63, 3.8) is 0 Å². The summed E-state index contributed by atoms with van der Waals surface area (Å²) in [4.78, 5) is 2.59. The summed E-state index contributed by atoms with van der Waals surface area (Å²) in [5, 5.41) is 0. The Kier molecular flexibility index (Phi) is 2.89. The molecule has 0 aromatic rings. The molecule has 0 saturated carbocycles. The van der Waals surface area contributed by atoms with Crippen LogP contribution in [0.5, 0.6) is 0 Å². The molecule has 0 N–H and O–H groups in total. The molecule has 2 atom stereocenters. The van der Waals surface area contributed by atoms with E-state index in [1.165, 1.54) is 19.4 Å². The van der Waals surface area contributed by atoms with Crippen LogP contribution in [-0.2, 0) is 4.74 Å². The smallest absolute Gasteiger partial charge is 0.0622 e. The number of hydrogen-bond donors (Lipinski definition) is 0. The van der Waals surface area contributed by atoms with Crippen LogP contribution in [-0.4, -0.2) is 42.6 Å². The Morgan fingerprint density at radius 2 is 1.92 bits per heavy atom. The lowest BCUT2D eigenvalue weighted by Crippen LogP contribution is -2.46. The van der Waals surface area contributed by atoms with Crippen LogP contribution in [0.1, 0.15) is 19.3 Å². The monoisotopic (exact) mass is 189 g/mol. The third kappa shape index (κ3) is 1.61. The van der Waals surface area contributed by atoms with Gasteiger partial charge < -0.3 is 4.74 Å². The molecule has 2 unspecified atom stereocenters. The van der Waals surface area contributed by atoms with E-state index < -0.39 is 0 Å². The fourth-order valence-electron chi connectivity index (χ4n) is 2.32. The third-order valence-electron chi connectivity index (χ3n) is 2.94. The molecule has 2 rings (SSSR count). The minimum absolute atomic E-state index is 0.701. The summed E-state index contributed by atoms with van der Waals surface area (Å²) in [6.07, 6.45) is 3.77. The SMILES string of the molecule is ClCCCN1C2CCC1COC2. The van der Waals surface area contributed by atoms with Crippen LogP contribution < -0.4 is 0 Å². The lowest BCUT2D eigenvalue weighted by Gasteiger charge is -2.34. The van der Waals surface area contributed by atoms with Crippen LogP contribution in [0.4, 0.5) is 0 Å². The van der Waals surface area contributed by atoms with Gasteiger partial charge in [0.2, 0.25) is 0 Å². The van der Waals surface area contributed by atoms with Crippen LogP contribution in [0.25, 0.3) is 0 Å². The van der Waals surface area contributed by atoms with E-state index >= 15 is 0 Å². The van der Waals surface area contributed by atoms with E-state index in [0.29, 0.717) is 12.1 Å². The summed E-state index contributed by atoms with van der Waals surface area (Å²) >= 11 is 5.68. The molecule has 2 aliphatic heterocycles. The first-order valence-corrected chi connectivity index (χ1v) is 5.34. The molecule has 2 fully saturated rings. The minimum atomic E-state index is 0.701. The first-order chi connectivity index (χ1) is 5.92. The van der Waals surface area contributed by atoms with Gasteiger partial charge in [0.1, 0.15) is 0 Å². The van der Waals surface area contributed by atoms with Gasteiger partial charge in [-0.1, -0.05) is 0 Å². The largest absolute Gasteiger partial charge is 0.378 e. The van der Waals surface area contributed by atoms with Gasteiger partial charge in [-0.3, -0.25) is 4.90 Å². The van der Waals surface area contributed by atoms with Crippen molar-refractivity contribution in [1.82, 2.24) is 4.90 Å². The van der Waals surface area contributed by atoms with Gasteiger partial charge in [-0.2, -0.15) is 0 Å². The predicted octanol–water partition coefficient (Wildman–Crippen LogP) is 1.48. The molecular weight excluding hydrogens is 174 g/mol. The van der Waals surface area contributed by atoms with Gasteiger partial charge in [0, 0.05) is 24.5 Å². The molecule has 2 bridgehead atoms. The first-order valence-electron chi connectivity index (χ1n) is 4.81. The number of hydrogen-bond acceptors (Lipinski definition) is 2. The third-order valence-corrected chi connectivity index (χ3v) is 3.21. The predicted molar refractivity (Wildman–Crippen MR) is 49.7 cm³/mol. The van der Waals surface area contributed by atoms with Crippen molar-refractivity contribution >= 4 is 11.6 Å². The highest BCUT2D eigenvalue weighted by Crippen LogP contribution is 2.28. The molecule has 2 aliphatic rings. The normalized spacial score (nSPS) is 35.8. The van der Waals surface area contributed by atoms with E-state index in [-0.39, 0.29) is 0 Å². The summed E-state index contributed by atoms with van der Waals surface area (Å²) in [7, 11) is 0. The Morgan fingerprint density at radius 3 is 2.50 bits per heavy atom. The van der Waals surface area contributed by atoms with E-state index in [4.69, 9.17) is 16.3 Å². The van der Waals surface area contributed by atoms with Crippen molar-refractivity contribution in [2.75, 3.05) is 25.6 Å². The number of alkyl halides is 1. The van der Waals surface area contributed by atoms with Crippen molar-refractivity contribution in [1.29, 1.82) is 0 Å². The van der Waals surface area contributed by atoms with Crippen LogP contribution in [0, 0.1) is 0 Å². The fraction of sp³-hybridized carbons (Fsp3) is 1.00. The van der Waals surface area contributed by atoms with Crippen molar-refractivity contribution in [2.24, 2.45) is 0 Å². The number of halogens is 1. The van der Waals surface area contributed by atoms with Gasteiger partial charge in [0.05, 0.1) is 13.2 Å². The van der Waals surface area contributed by atoms with Crippen molar-refractivity contribution in [3.8, 4) is 0 Å². The molecule has 0 aliphatic carbocycles. The Balaban J connectivity index is 1.87. The Morgan fingerprint density at radius 1 is 1.25 bits per heavy atom. The molecule has 3 heteroatoms. The molecule has 2 nitrogen and oxygen atoms in total. The lowest BCUT2D eigenvalue weighted by molar-refractivity contribution is -0.0141. The van der Waals surface area contributed by atoms with Crippen LogP contribution in [0.15, 0.2) is 0 Å². The van der Waals surface area contributed by atoms with Gasteiger partial charge >= 0.3 is 0 Å². The first kappa shape index (κ1) is 8.79. The minimum Gasteiger partial charge on any atom is -0.378 e. The van der Waals surface area contributed by atoms with E-state index in [2.05, 4.69) is 4.90 Å². The van der Waals surface area contributed by atoms with Crippen molar-refractivity contribution in [2.45, 2.75) is 31.3 Å². The standard InChI is InChI=1S/C9H16ClNO/c10-4-1-5-11-8-2-3-9(11)7-12-6-8/h8-9H,1-7H2. The lowest BCUT2D eigenvalue weighted by atomic mass is 10.2. The van der Waals surface area contributed by atoms with Gasteiger partial charge in [-0.05, 0) is 19.3 Å². The number of fused-ring (bicyclic) bond motifs is 2. The maximum Gasteiger partial charge on any atom is 0.0622 e. The molecule has 2 saturated heterocycles. The summed E-state index contributed by atoms with van der Waals surface area (Å²) in [5.74, 6) is 0.788. The number of rotatable bonds is 3. The topological polar surface area (TPSA) is 12.5 Å². The summed E-state index contributed by atoms with van der Waals surface area (Å²) in [5.41, 5.74) is 0. The fourth-order valence-corrected chi connectivity index (χ4v) is 2.44. The summed E-state index contributed by atoms with van der Waals surface area (Å²) in [6, 6.07) is 1.40. The van der Waals surface area contributed by atoms with E-state index in [1.807, 2.05) is 0 Å². The maximum atomic E-state index is 5.68. The average Bonchev–Trinajstić information content (AvgIpc) is 2.36. The van der Waals surface area contributed by atoms with Gasteiger partial charge in [-0.15, -0.1) is 11.6 Å². The molecule has 0 radical (unpaired) electrons. The zero-order valence-electron chi connectivity index (χ0n) is 7.34. The van der Waals surface area contributed by atoms with E-state index in [0.717, 1.165) is 25.5 Å². The summed E-state index contributed by atoms with van der Waals surface area (Å²) in [6.45, 7) is 3.06. The number of morpholine rings is 1. The molecular formula is C9H16ClNO. The highest BCUT2D eigenvalue weighted by molar-refractivity contribution is 6.17. The second kappa shape index (κ2) is 3.95. The van der Waals surface area contributed by atoms with Crippen LogP contribution in [0.3, 0.4) is 0 Å². The average molecular weight is 190 g/mol. The van der Waals surface area contributed by atoms with Gasteiger partial charge in [0.25, 0.3) is 0 Å². The number of ether oxygens (including phenoxy) is 1. The summed E-state index contributed by atoms with van der Waals surface area (Å²) < 4.78 is 5.49. The molecule has 70 valence electrons.